The van der Waals surface area contributed by atoms with Crippen LogP contribution in [0.25, 0.3) is 0 Å². The van der Waals surface area contributed by atoms with Crippen molar-refractivity contribution in [1.29, 1.82) is 0 Å². The van der Waals surface area contributed by atoms with Crippen molar-refractivity contribution < 1.29 is 34.2 Å². The topological polar surface area (TPSA) is 185 Å². The van der Waals surface area contributed by atoms with Gasteiger partial charge in [0.15, 0.2) is 10.8 Å². The molecule has 1 aromatic rings. The largest absolute Gasteiger partial charge is 0.480 e. The normalized spacial score (nSPS) is 25.2. The van der Waals surface area contributed by atoms with Crippen LogP contribution in [0, 0.1) is 0 Å². The molecule has 0 radical (unpaired) electrons. The molecule has 1 aromatic heterocycles. The molecule has 2 aliphatic rings. The Hall–Kier alpha value is -2.78. The Morgan fingerprint density at radius 3 is 2.84 bits per heavy atom. The van der Waals surface area contributed by atoms with Gasteiger partial charge in [-0.15, -0.1) is 34.9 Å². The van der Waals surface area contributed by atoms with E-state index in [2.05, 4.69) is 26.9 Å². The lowest BCUT2D eigenvalue weighted by Gasteiger charge is -2.53. The number of nitrogens with zero attached hydrogens (tertiary/aromatic N) is 3. The number of hydrogen-bond donors (Lipinski definition) is 4. The Balaban J connectivity index is 1.72. The highest BCUT2D eigenvalue weighted by Gasteiger charge is 2.57. The van der Waals surface area contributed by atoms with E-state index in [4.69, 9.17) is 10.8 Å². The quantitative estimate of drug-likeness (QED) is 0.202. The van der Waals surface area contributed by atoms with Gasteiger partial charge >= 0.3 is 11.9 Å². The minimum absolute atomic E-state index is 0.0207. The molecule has 3 heterocycles. The molecule has 0 aromatic carbocycles. The van der Waals surface area contributed by atoms with Crippen LogP contribution in [0.4, 0.5) is 5.13 Å². The van der Waals surface area contributed by atoms with Crippen LogP contribution in [0.15, 0.2) is 22.5 Å². The molecule has 5 N–H and O–H groups in total. The van der Waals surface area contributed by atoms with Gasteiger partial charge in [-0.2, -0.15) is 0 Å². The standard InChI is InChI=1S/C16H17N5O7S3/c1-2-31-16(14(26)27)5-21-12(25)10(13(21)30-6-16)19-11(24)9(20-28-3-8(22)23)7-4-29-15(17)18-7/h2,4,10,13H,1,3,5-6H2,(H2,17,18)(H,19,24)(H,22,23)(H,26,27)/t10?,13-,16?/m1/s1. The summed E-state index contributed by atoms with van der Waals surface area (Å²) in [7, 11) is 0. The summed E-state index contributed by atoms with van der Waals surface area (Å²) in [6.07, 6.45) is 0. The maximum Gasteiger partial charge on any atom is 0.344 e. The van der Waals surface area contributed by atoms with Crippen LogP contribution < -0.4 is 11.1 Å². The Labute approximate surface area is 187 Å². The zero-order valence-corrected chi connectivity index (χ0v) is 18.2. The molecule has 0 aliphatic carbocycles. The number of carbonyl (C=O) groups excluding carboxylic acids is 2. The highest BCUT2D eigenvalue weighted by atomic mass is 32.2. The van der Waals surface area contributed by atoms with Crippen molar-refractivity contribution in [2.24, 2.45) is 5.16 Å². The number of carboxylic acids is 2. The monoisotopic (exact) mass is 487 g/mol. The summed E-state index contributed by atoms with van der Waals surface area (Å²) in [6.45, 7) is 2.76. The Kier molecular flexibility index (Phi) is 6.76. The van der Waals surface area contributed by atoms with Gasteiger partial charge in [-0.05, 0) is 5.41 Å². The van der Waals surface area contributed by atoms with Crippen molar-refractivity contribution in [3.8, 4) is 0 Å². The van der Waals surface area contributed by atoms with Gasteiger partial charge in [-0.1, -0.05) is 11.7 Å². The van der Waals surface area contributed by atoms with Gasteiger partial charge in [0.05, 0.1) is 0 Å². The lowest BCUT2D eigenvalue weighted by Crippen LogP contribution is -2.74. The third-order valence-corrected chi connectivity index (χ3v) is 7.81. The van der Waals surface area contributed by atoms with Crippen LogP contribution in [0.3, 0.4) is 0 Å². The fourth-order valence-corrected chi connectivity index (χ4v) is 5.97. The molecule has 0 spiro atoms. The zero-order valence-electron chi connectivity index (χ0n) is 15.7. The maximum atomic E-state index is 12.8. The van der Waals surface area contributed by atoms with Gasteiger partial charge in [0.2, 0.25) is 12.5 Å². The molecule has 31 heavy (non-hydrogen) atoms. The highest BCUT2D eigenvalue weighted by molar-refractivity contribution is 8.06. The van der Waals surface area contributed by atoms with E-state index in [1.54, 1.807) is 0 Å². The first-order valence-corrected chi connectivity index (χ1v) is 11.4. The number of oxime groups is 1. The second-order valence-electron chi connectivity index (χ2n) is 6.38. The number of hydrogen-bond acceptors (Lipinski definition) is 11. The van der Waals surface area contributed by atoms with Gasteiger partial charge in [0.1, 0.15) is 21.9 Å². The second-order valence-corrected chi connectivity index (χ2v) is 9.73. The van der Waals surface area contributed by atoms with Crippen molar-refractivity contribution in [1.82, 2.24) is 15.2 Å². The van der Waals surface area contributed by atoms with Crippen LogP contribution >= 0.6 is 34.9 Å². The maximum absolute atomic E-state index is 12.8. The summed E-state index contributed by atoms with van der Waals surface area (Å²) in [5.74, 6) is -3.36. The number of fused-ring (bicyclic) bond motifs is 1. The number of anilines is 1. The minimum atomic E-state index is -1.29. The van der Waals surface area contributed by atoms with Crippen LogP contribution in [0.2, 0.25) is 0 Å². The summed E-state index contributed by atoms with van der Waals surface area (Å²) in [5, 5.41) is 26.9. The molecule has 0 bridgehead atoms. The number of rotatable bonds is 9. The molecule has 166 valence electrons. The van der Waals surface area contributed by atoms with E-state index < -0.39 is 46.5 Å². The van der Waals surface area contributed by atoms with E-state index in [1.807, 2.05) is 0 Å². The summed E-state index contributed by atoms with van der Waals surface area (Å²) < 4.78 is -1.21. The fourth-order valence-electron chi connectivity index (χ4n) is 2.92. The van der Waals surface area contributed by atoms with Gasteiger partial charge < -0.3 is 31.0 Å². The molecular weight excluding hydrogens is 470 g/mol. The third-order valence-electron chi connectivity index (χ3n) is 4.36. The Bertz CT molecular complexity index is 967. The summed E-state index contributed by atoms with van der Waals surface area (Å²) in [4.78, 5) is 57.7. The molecular formula is C16H17N5O7S3. The number of carbonyl (C=O) groups is 4. The lowest BCUT2D eigenvalue weighted by molar-refractivity contribution is -0.151. The molecule has 2 aliphatic heterocycles. The van der Waals surface area contributed by atoms with Crippen LogP contribution in [-0.2, 0) is 24.0 Å². The predicted octanol–water partition coefficient (Wildman–Crippen LogP) is -0.369. The number of nitrogens with two attached hydrogens (primary N) is 1. The van der Waals surface area contributed by atoms with E-state index in [0.717, 1.165) is 23.1 Å². The summed E-state index contributed by atoms with van der Waals surface area (Å²) in [5.41, 5.74) is 5.32. The summed E-state index contributed by atoms with van der Waals surface area (Å²) in [6, 6.07) is -0.904. The molecule has 0 saturated carbocycles. The van der Waals surface area contributed by atoms with Gasteiger partial charge in [0, 0.05) is 17.7 Å². The first-order valence-electron chi connectivity index (χ1n) is 8.56. The number of nitrogens with one attached hydrogen (secondary N) is 1. The molecule has 2 unspecified atom stereocenters. The zero-order chi connectivity index (χ0) is 22.8. The van der Waals surface area contributed by atoms with E-state index in [9.17, 15) is 24.3 Å². The average molecular weight is 488 g/mol. The number of thioether (sulfide) groups is 2. The molecule has 2 amide bonds. The first-order chi connectivity index (χ1) is 14.7. The Morgan fingerprint density at radius 2 is 2.26 bits per heavy atom. The molecule has 3 rings (SSSR count). The summed E-state index contributed by atoms with van der Waals surface area (Å²) >= 11 is 3.32. The van der Waals surface area contributed by atoms with Crippen LogP contribution in [0.1, 0.15) is 5.69 Å². The number of β-lactam (4-membered cyclic amide) rings is 1. The van der Waals surface area contributed by atoms with E-state index in [1.165, 1.54) is 27.4 Å². The van der Waals surface area contributed by atoms with Crippen LogP contribution in [0.5, 0.6) is 0 Å². The average Bonchev–Trinajstić information content (AvgIpc) is 3.14. The fraction of sp³-hybridized carbons (Fsp3) is 0.375. The Morgan fingerprint density at radius 1 is 1.52 bits per heavy atom. The number of carboxylic acid groups (broad SMARTS) is 2. The van der Waals surface area contributed by atoms with Crippen molar-refractivity contribution in [2.45, 2.75) is 16.2 Å². The molecule has 2 saturated heterocycles. The van der Waals surface area contributed by atoms with E-state index in [0.29, 0.717) is 0 Å². The SMILES string of the molecule is C=CSC1(C(=O)O)CS[C@@H]2C(NC(=O)C(=NOCC(=O)O)c3csc(N)n3)C(=O)N2C1. The number of aliphatic carboxylic acids is 2. The first kappa shape index (κ1) is 22.9. The smallest absolute Gasteiger partial charge is 0.344 e. The predicted molar refractivity (Wildman–Crippen MR) is 115 cm³/mol. The van der Waals surface area contributed by atoms with Crippen molar-refractivity contribution in [3.63, 3.8) is 0 Å². The van der Waals surface area contributed by atoms with E-state index >= 15 is 0 Å². The second kappa shape index (κ2) is 9.15. The van der Waals surface area contributed by atoms with E-state index in [-0.39, 0.29) is 28.8 Å². The number of thiazole rings is 1. The highest BCUT2D eigenvalue weighted by Crippen LogP contribution is 2.44. The third kappa shape index (κ3) is 4.62. The van der Waals surface area contributed by atoms with Crippen molar-refractivity contribution in [2.75, 3.05) is 24.6 Å². The van der Waals surface area contributed by atoms with Crippen LogP contribution in [-0.4, -0.2) is 84.6 Å². The lowest BCUT2D eigenvalue weighted by atomic mass is 10.0. The van der Waals surface area contributed by atoms with Crippen molar-refractivity contribution >= 4 is 69.5 Å². The molecule has 2 fully saturated rings. The minimum Gasteiger partial charge on any atom is -0.480 e. The molecule has 15 heteroatoms. The van der Waals surface area contributed by atoms with Crippen molar-refractivity contribution in [3.05, 3.63) is 23.1 Å². The molecule has 3 atom stereocenters. The molecule has 12 nitrogen and oxygen atoms in total. The number of aromatic nitrogens is 1. The van der Waals surface area contributed by atoms with Gasteiger partial charge in [-0.3, -0.25) is 14.4 Å². The number of amides is 2. The number of nitrogen functional groups attached to an aromatic ring is 1. The van der Waals surface area contributed by atoms with Gasteiger partial charge in [-0.25, -0.2) is 9.78 Å². The van der Waals surface area contributed by atoms with Gasteiger partial charge in [0.25, 0.3) is 5.91 Å².